The summed E-state index contributed by atoms with van der Waals surface area (Å²) >= 11 is 0. The van der Waals surface area contributed by atoms with E-state index in [9.17, 15) is 9.59 Å². The largest absolute Gasteiger partial charge is 0.497 e. The highest BCUT2D eigenvalue weighted by molar-refractivity contribution is 5.93. The van der Waals surface area contributed by atoms with E-state index in [2.05, 4.69) is 10.6 Å². The van der Waals surface area contributed by atoms with Gasteiger partial charge in [0.25, 0.3) is 0 Å². The normalized spacial score (nSPS) is 11.3. The number of nitrogens with one attached hydrogen (secondary N) is 2. The topological polar surface area (TPSA) is 70.7 Å². The molecule has 6 heteroatoms. The minimum Gasteiger partial charge on any atom is -0.497 e. The maximum absolute atomic E-state index is 12.4. The minimum absolute atomic E-state index is 0.162. The Balaban J connectivity index is 2.06. The number of hydrogen-bond acceptors (Lipinski definition) is 3. The smallest absolute Gasteiger partial charge is 0.319 e. The van der Waals surface area contributed by atoms with E-state index in [-0.39, 0.29) is 5.91 Å². The Labute approximate surface area is 147 Å². The SMILES string of the molecule is COc1cccc(NC(=O)N[C@H](Cc2ccccc2)C(=O)N(C)C)c1. The Hall–Kier alpha value is -3.02. The van der Waals surface area contributed by atoms with Crippen LogP contribution >= 0.6 is 0 Å². The minimum atomic E-state index is -0.650. The number of nitrogens with zero attached hydrogens (tertiary/aromatic N) is 1. The van der Waals surface area contributed by atoms with Crippen LogP contribution in [0.4, 0.5) is 10.5 Å². The molecule has 0 fully saturated rings. The summed E-state index contributed by atoms with van der Waals surface area (Å²) in [6, 6.07) is 15.5. The molecule has 3 amide bonds. The van der Waals surface area contributed by atoms with E-state index in [4.69, 9.17) is 4.74 Å². The van der Waals surface area contributed by atoms with Crippen molar-refractivity contribution in [1.82, 2.24) is 10.2 Å². The zero-order valence-corrected chi connectivity index (χ0v) is 14.7. The second-order valence-electron chi connectivity index (χ2n) is 5.81. The number of carbonyl (C=O) groups excluding carboxylic acids is 2. The Morgan fingerprint density at radius 1 is 1.08 bits per heavy atom. The number of amides is 3. The van der Waals surface area contributed by atoms with Crippen molar-refractivity contribution in [2.75, 3.05) is 26.5 Å². The molecule has 0 radical (unpaired) electrons. The van der Waals surface area contributed by atoms with Gasteiger partial charge >= 0.3 is 6.03 Å². The van der Waals surface area contributed by atoms with Crippen LogP contribution in [0.3, 0.4) is 0 Å². The van der Waals surface area contributed by atoms with Crippen molar-refractivity contribution >= 4 is 17.6 Å². The third-order valence-corrected chi connectivity index (χ3v) is 3.65. The summed E-state index contributed by atoms with van der Waals surface area (Å²) in [7, 11) is 4.90. The van der Waals surface area contributed by atoms with E-state index in [0.717, 1.165) is 5.56 Å². The summed E-state index contributed by atoms with van der Waals surface area (Å²) in [5.41, 5.74) is 1.57. The molecule has 0 spiro atoms. The van der Waals surface area contributed by atoms with E-state index in [1.54, 1.807) is 45.5 Å². The first-order valence-electron chi connectivity index (χ1n) is 7.96. The van der Waals surface area contributed by atoms with E-state index in [1.165, 1.54) is 4.90 Å². The van der Waals surface area contributed by atoms with Gasteiger partial charge in [0.05, 0.1) is 7.11 Å². The summed E-state index contributed by atoms with van der Waals surface area (Å²) < 4.78 is 5.13. The number of methoxy groups -OCH3 is 1. The molecular weight excluding hydrogens is 318 g/mol. The van der Waals surface area contributed by atoms with Crippen molar-refractivity contribution in [1.29, 1.82) is 0 Å². The zero-order valence-electron chi connectivity index (χ0n) is 14.7. The lowest BCUT2D eigenvalue weighted by Gasteiger charge is -2.22. The quantitative estimate of drug-likeness (QED) is 0.848. The fourth-order valence-electron chi connectivity index (χ4n) is 2.39. The summed E-state index contributed by atoms with van der Waals surface area (Å²) in [6.45, 7) is 0. The van der Waals surface area contributed by atoms with Crippen LogP contribution in [0.1, 0.15) is 5.56 Å². The number of urea groups is 1. The van der Waals surface area contributed by atoms with Gasteiger partial charge in [-0.2, -0.15) is 0 Å². The molecule has 6 nitrogen and oxygen atoms in total. The van der Waals surface area contributed by atoms with Crippen molar-refractivity contribution in [3.05, 3.63) is 60.2 Å². The van der Waals surface area contributed by atoms with Crippen molar-refractivity contribution in [2.24, 2.45) is 0 Å². The molecule has 0 aliphatic carbocycles. The van der Waals surface area contributed by atoms with Crippen LogP contribution in [-0.2, 0) is 11.2 Å². The van der Waals surface area contributed by atoms with Crippen LogP contribution < -0.4 is 15.4 Å². The van der Waals surface area contributed by atoms with Gasteiger partial charge in [-0.05, 0) is 17.7 Å². The molecule has 0 saturated heterocycles. The van der Waals surface area contributed by atoms with Crippen LogP contribution in [-0.4, -0.2) is 44.1 Å². The average Bonchev–Trinajstić information content (AvgIpc) is 2.61. The van der Waals surface area contributed by atoms with Crippen LogP contribution in [0, 0.1) is 0 Å². The summed E-state index contributed by atoms with van der Waals surface area (Å²) in [5, 5.41) is 5.48. The molecule has 0 aromatic heterocycles. The molecule has 132 valence electrons. The molecule has 2 aromatic carbocycles. The maximum Gasteiger partial charge on any atom is 0.319 e. The number of hydrogen-bond donors (Lipinski definition) is 2. The van der Waals surface area contributed by atoms with Gasteiger partial charge in [-0.3, -0.25) is 4.79 Å². The summed E-state index contributed by atoms with van der Waals surface area (Å²) in [4.78, 5) is 26.2. The molecule has 0 heterocycles. The number of ether oxygens (including phenoxy) is 1. The lowest BCUT2D eigenvalue weighted by Crippen LogP contribution is -2.48. The van der Waals surface area contributed by atoms with Crippen molar-refractivity contribution in [3.8, 4) is 5.75 Å². The molecule has 0 aliphatic heterocycles. The highest BCUT2D eigenvalue weighted by atomic mass is 16.5. The first kappa shape index (κ1) is 18.3. The average molecular weight is 341 g/mol. The van der Waals surface area contributed by atoms with Crippen LogP contribution in [0.5, 0.6) is 5.75 Å². The highest BCUT2D eigenvalue weighted by Gasteiger charge is 2.22. The molecular formula is C19H23N3O3. The second kappa shape index (κ2) is 8.73. The van der Waals surface area contributed by atoms with Gasteiger partial charge in [-0.15, -0.1) is 0 Å². The Kier molecular flexibility index (Phi) is 6.39. The molecule has 1 atom stereocenters. The molecule has 0 unspecified atom stereocenters. The lowest BCUT2D eigenvalue weighted by atomic mass is 10.1. The highest BCUT2D eigenvalue weighted by Crippen LogP contribution is 2.16. The van der Waals surface area contributed by atoms with E-state index in [0.29, 0.717) is 17.9 Å². The molecule has 25 heavy (non-hydrogen) atoms. The standard InChI is InChI=1S/C19H23N3O3/c1-22(2)18(23)17(12-14-8-5-4-6-9-14)21-19(24)20-15-10-7-11-16(13-15)25-3/h4-11,13,17H,12H2,1-3H3,(H2,20,21,24)/t17-/m1/s1. The number of carbonyl (C=O) groups is 2. The monoisotopic (exact) mass is 341 g/mol. The van der Waals surface area contributed by atoms with Crippen LogP contribution in [0.2, 0.25) is 0 Å². The Morgan fingerprint density at radius 3 is 2.44 bits per heavy atom. The van der Waals surface area contributed by atoms with Gasteiger partial charge in [0.1, 0.15) is 11.8 Å². The number of rotatable bonds is 6. The predicted molar refractivity (Wildman–Crippen MR) is 97.8 cm³/mol. The number of likely N-dealkylation sites (N-methyl/N-ethyl adjacent to an activating group) is 1. The van der Waals surface area contributed by atoms with Crippen LogP contribution in [0.25, 0.3) is 0 Å². The fraction of sp³-hybridized carbons (Fsp3) is 0.263. The first-order chi connectivity index (χ1) is 12.0. The third kappa shape index (κ3) is 5.53. The molecule has 2 aromatic rings. The number of benzene rings is 2. The third-order valence-electron chi connectivity index (χ3n) is 3.65. The molecule has 0 saturated carbocycles. The van der Waals surface area contributed by atoms with Crippen molar-refractivity contribution < 1.29 is 14.3 Å². The van der Waals surface area contributed by atoms with Crippen molar-refractivity contribution in [3.63, 3.8) is 0 Å². The number of anilines is 1. The summed E-state index contributed by atoms with van der Waals surface area (Å²) in [6.07, 6.45) is 0.420. The predicted octanol–water partition coefficient (Wildman–Crippen LogP) is 2.52. The Morgan fingerprint density at radius 2 is 1.80 bits per heavy atom. The van der Waals surface area contributed by atoms with Gasteiger partial charge in [-0.25, -0.2) is 4.79 Å². The van der Waals surface area contributed by atoms with Crippen LogP contribution in [0.15, 0.2) is 54.6 Å². The molecule has 0 aliphatic rings. The van der Waals surface area contributed by atoms with Gasteiger partial charge < -0.3 is 20.3 Å². The lowest BCUT2D eigenvalue weighted by molar-refractivity contribution is -0.130. The van der Waals surface area contributed by atoms with Gasteiger partial charge in [-0.1, -0.05) is 36.4 Å². The van der Waals surface area contributed by atoms with Gasteiger partial charge in [0.2, 0.25) is 5.91 Å². The Bertz CT molecular complexity index is 717. The zero-order chi connectivity index (χ0) is 18.2. The van der Waals surface area contributed by atoms with Crippen molar-refractivity contribution in [2.45, 2.75) is 12.5 Å². The first-order valence-corrected chi connectivity index (χ1v) is 7.96. The summed E-state index contributed by atoms with van der Waals surface area (Å²) in [5.74, 6) is 0.479. The fourth-order valence-corrected chi connectivity index (χ4v) is 2.39. The van der Waals surface area contributed by atoms with Gasteiger partial charge in [0.15, 0.2) is 0 Å². The van der Waals surface area contributed by atoms with E-state index in [1.807, 2.05) is 30.3 Å². The van der Waals surface area contributed by atoms with E-state index < -0.39 is 12.1 Å². The van der Waals surface area contributed by atoms with Gasteiger partial charge in [0, 0.05) is 32.3 Å². The second-order valence-corrected chi connectivity index (χ2v) is 5.81. The molecule has 2 rings (SSSR count). The molecule has 2 N–H and O–H groups in total. The van der Waals surface area contributed by atoms with E-state index >= 15 is 0 Å². The molecule has 0 bridgehead atoms. The maximum atomic E-state index is 12.4.